The molecule has 0 heterocycles. The Hall–Kier alpha value is -3.79. The van der Waals surface area contributed by atoms with Gasteiger partial charge in [-0.2, -0.15) is 0 Å². The van der Waals surface area contributed by atoms with E-state index in [0.717, 1.165) is 23.3 Å². The first-order chi connectivity index (χ1) is 16.0. The summed E-state index contributed by atoms with van der Waals surface area (Å²) in [6.07, 6.45) is -0.108. The molecule has 3 N–H and O–H groups in total. The average Bonchev–Trinajstić information content (AvgIpc) is 2.76. The standard InChI is InChI=1S/C24H23F2N3O4S/c1-15-3-5-19(13-16(15)2)29-34(32,33)20-8-6-18(7-9-20)28-23(30)11-12-27-24(31)21-10-4-17(25)14-22(21)26/h3-10,13-14,29H,11-12H2,1-2H3,(H,27,31)(H,28,30). The van der Waals surface area contributed by atoms with Gasteiger partial charge in [-0.05, 0) is 73.5 Å². The van der Waals surface area contributed by atoms with E-state index in [2.05, 4.69) is 15.4 Å². The molecule has 0 aliphatic heterocycles. The number of carbonyl (C=O) groups excluding carboxylic acids is 2. The number of sulfonamides is 1. The Kier molecular flexibility index (Phi) is 7.62. The summed E-state index contributed by atoms with van der Waals surface area (Å²) < 4.78 is 54.3. The van der Waals surface area contributed by atoms with Crippen molar-refractivity contribution in [2.45, 2.75) is 25.2 Å². The van der Waals surface area contributed by atoms with Crippen molar-refractivity contribution in [3.63, 3.8) is 0 Å². The normalized spacial score (nSPS) is 11.1. The molecule has 7 nitrogen and oxygen atoms in total. The second kappa shape index (κ2) is 10.4. The van der Waals surface area contributed by atoms with Crippen molar-refractivity contribution in [3.05, 3.63) is 89.0 Å². The highest BCUT2D eigenvalue weighted by Crippen LogP contribution is 2.20. The molecule has 0 saturated heterocycles. The van der Waals surface area contributed by atoms with E-state index in [-0.39, 0.29) is 23.4 Å². The highest BCUT2D eigenvalue weighted by atomic mass is 32.2. The van der Waals surface area contributed by atoms with Gasteiger partial charge in [-0.1, -0.05) is 6.07 Å². The predicted molar refractivity (Wildman–Crippen MR) is 125 cm³/mol. The van der Waals surface area contributed by atoms with Gasteiger partial charge < -0.3 is 10.6 Å². The van der Waals surface area contributed by atoms with Crippen molar-refractivity contribution in [2.24, 2.45) is 0 Å². The zero-order valence-corrected chi connectivity index (χ0v) is 19.3. The van der Waals surface area contributed by atoms with Crippen LogP contribution in [0.15, 0.2) is 65.6 Å². The van der Waals surface area contributed by atoms with Crippen LogP contribution in [0.25, 0.3) is 0 Å². The van der Waals surface area contributed by atoms with Crippen LogP contribution in [0.3, 0.4) is 0 Å². The zero-order chi connectivity index (χ0) is 24.9. The van der Waals surface area contributed by atoms with E-state index in [4.69, 9.17) is 0 Å². The lowest BCUT2D eigenvalue weighted by atomic mass is 10.1. The maximum absolute atomic E-state index is 13.6. The SMILES string of the molecule is Cc1ccc(NS(=O)(=O)c2ccc(NC(=O)CCNC(=O)c3ccc(F)cc3F)cc2)cc1C. The van der Waals surface area contributed by atoms with Crippen LogP contribution in [0.1, 0.15) is 27.9 Å². The fraction of sp³-hybridized carbons (Fsp3) is 0.167. The van der Waals surface area contributed by atoms with Crippen LogP contribution < -0.4 is 15.4 Å². The largest absolute Gasteiger partial charge is 0.351 e. The number of carbonyl (C=O) groups is 2. The van der Waals surface area contributed by atoms with Gasteiger partial charge in [0.05, 0.1) is 10.5 Å². The number of hydrogen-bond donors (Lipinski definition) is 3. The number of rotatable bonds is 8. The summed E-state index contributed by atoms with van der Waals surface area (Å²) in [5.74, 6) is -3.00. The molecule has 0 atom stereocenters. The monoisotopic (exact) mass is 487 g/mol. The molecule has 3 aromatic carbocycles. The molecule has 0 aliphatic rings. The highest BCUT2D eigenvalue weighted by molar-refractivity contribution is 7.92. The Morgan fingerprint density at radius 2 is 1.53 bits per heavy atom. The van der Waals surface area contributed by atoms with Gasteiger partial charge in [-0.15, -0.1) is 0 Å². The number of halogens is 2. The van der Waals surface area contributed by atoms with E-state index < -0.39 is 33.5 Å². The number of nitrogens with one attached hydrogen (secondary N) is 3. The van der Waals surface area contributed by atoms with Gasteiger partial charge in [0.1, 0.15) is 11.6 Å². The second-order valence-corrected chi connectivity index (χ2v) is 9.29. The number of benzene rings is 3. The van der Waals surface area contributed by atoms with Gasteiger partial charge in [0.15, 0.2) is 0 Å². The molecule has 3 aromatic rings. The molecule has 2 amide bonds. The Morgan fingerprint density at radius 3 is 2.18 bits per heavy atom. The minimum Gasteiger partial charge on any atom is -0.351 e. The quantitative estimate of drug-likeness (QED) is 0.444. The molecule has 178 valence electrons. The van der Waals surface area contributed by atoms with Crippen LogP contribution >= 0.6 is 0 Å². The molecular weight excluding hydrogens is 464 g/mol. The van der Waals surface area contributed by atoms with Crippen LogP contribution in [-0.2, 0) is 14.8 Å². The lowest BCUT2D eigenvalue weighted by molar-refractivity contribution is -0.116. The Morgan fingerprint density at radius 1 is 0.853 bits per heavy atom. The Bertz CT molecular complexity index is 1330. The molecule has 3 rings (SSSR count). The third-order valence-corrected chi connectivity index (χ3v) is 6.42. The first kappa shape index (κ1) is 24.8. The van der Waals surface area contributed by atoms with Crippen LogP contribution in [0.4, 0.5) is 20.2 Å². The zero-order valence-electron chi connectivity index (χ0n) is 18.5. The minimum absolute atomic E-state index is 0.0253. The van der Waals surface area contributed by atoms with E-state index in [1.807, 2.05) is 19.9 Å². The second-order valence-electron chi connectivity index (χ2n) is 7.61. The summed E-state index contributed by atoms with van der Waals surface area (Å²) >= 11 is 0. The number of anilines is 2. The van der Waals surface area contributed by atoms with Crippen molar-refractivity contribution in [1.29, 1.82) is 0 Å². The molecular formula is C24H23F2N3O4S. The molecule has 0 fully saturated rings. The minimum atomic E-state index is -3.81. The highest BCUT2D eigenvalue weighted by Gasteiger charge is 2.15. The maximum atomic E-state index is 13.6. The fourth-order valence-electron chi connectivity index (χ4n) is 3.02. The molecule has 0 saturated carbocycles. The number of aryl methyl sites for hydroxylation is 2. The number of amides is 2. The van der Waals surface area contributed by atoms with Crippen LogP contribution in [0, 0.1) is 25.5 Å². The first-order valence-electron chi connectivity index (χ1n) is 10.3. The molecule has 0 aliphatic carbocycles. The van der Waals surface area contributed by atoms with Gasteiger partial charge in [-0.3, -0.25) is 14.3 Å². The van der Waals surface area contributed by atoms with Crippen LogP contribution in [-0.4, -0.2) is 26.8 Å². The lowest BCUT2D eigenvalue weighted by Crippen LogP contribution is -2.28. The molecule has 34 heavy (non-hydrogen) atoms. The van der Waals surface area contributed by atoms with Gasteiger partial charge in [-0.25, -0.2) is 17.2 Å². The molecule has 0 radical (unpaired) electrons. The van der Waals surface area contributed by atoms with Crippen molar-refractivity contribution in [3.8, 4) is 0 Å². The molecule has 0 aromatic heterocycles. The fourth-order valence-corrected chi connectivity index (χ4v) is 4.07. The summed E-state index contributed by atoms with van der Waals surface area (Å²) in [4.78, 5) is 24.1. The van der Waals surface area contributed by atoms with Gasteiger partial charge in [0.2, 0.25) is 5.91 Å². The predicted octanol–water partition coefficient (Wildman–Crippen LogP) is 4.14. The Balaban J connectivity index is 1.52. The third kappa shape index (κ3) is 6.38. The van der Waals surface area contributed by atoms with Crippen molar-refractivity contribution >= 4 is 33.2 Å². The molecule has 0 bridgehead atoms. The summed E-state index contributed by atoms with van der Waals surface area (Å²) in [5, 5.41) is 4.97. The molecule has 0 spiro atoms. The Labute approximate surface area is 196 Å². The van der Waals surface area contributed by atoms with Crippen LogP contribution in [0.5, 0.6) is 0 Å². The summed E-state index contributed by atoms with van der Waals surface area (Å²) in [6.45, 7) is 3.74. The van der Waals surface area contributed by atoms with E-state index in [1.165, 1.54) is 24.3 Å². The van der Waals surface area contributed by atoms with Crippen LogP contribution in [0.2, 0.25) is 0 Å². The van der Waals surface area contributed by atoms with Gasteiger partial charge in [0, 0.05) is 30.4 Å². The average molecular weight is 488 g/mol. The third-order valence-electron chi connectivity index (χ3n) is 5.02. The van der Waals surface area contributed by atoms with Crippen molar-refractivity contribution in [2.75, 3.05) is 16.6 Å². The van der Waals surface area contributed by atoms with Crippen molar-refractivity contribution in [1.82, 2.24) is 5.32 Å². The van der Waals surface area contributed by atoms with Crippen molar-refractivity contribution < 1.29 is 26.8 Å². The van der Waals surface area contributed by atoms with Gasteiger partial charge in [0.25, 0.3) is 15.9 Å². The summed E-state index contributed by atoms with van der Waals surface area (Å²) in [7, 11) is -3.81. The molecule has 10 heteroatoms. The smallest absolute Gasteiger partial charge is 0.261 e. The topological polar surface area (TPSA) is 104 Å². The first-order valence-corrected chi connectivity index (χ1v) is 11.8. The van der Waals surface area contributed by atoms with E-state index >= 15 is 0 Å². The molecule has 0 unspecified atom stereocenters. The lowest BCUT2D eigenvalue weighted by Gasteiger charge is -2.11. The van der Waals surface area contributed by atoms with Gasteiger partial charge >= 0.3 is 0 Å². The van der Waals surface area contributed by atoms with E-state index in [1.54, 1.807) is 12.1 Å². The van der Waals surface area contributed by atoms with E-state index in [0.29, 0.717) is 17.4 Å². The summed E-state index contributed by atoms with van der Waals surface area (Å²) in [6, 6.07) is 13.4. The van der Waals surface area contributed by atoms with E-state index in [9.17, 15) is 26.8 Å². The number of hydrogen-bond acceptors (Lipinski definition) is 4. The maximum Gasteiger partial charge on any atom is 0.261 e. The summed E-state index contributed by atoms with van der Waals surface area (Å²) in [5.41, 5.74) is 2.49.